The van der Waals surface area contributed by atoms with Crippen molar-refractivity contribution in [2.45, 2.75) is 11.3 Å². The van der Waals surface area contributed by atoms with Gasteiger partial charge in [0.1, 0.15) is 16.4 Å². The van der Waals surface area contributed by atoms with Gasteiger partial charge in [-0.15, -0.1) is 0 Å². The molecule has 0 N–H and O–H groups in total. The molecule has 2 aromatic rings. The van der Waals surface area contributed by atoms with E-state index in [1.807, 2.05) is 0 Å². The van der Waals surface area contributed by atoms with E-state index in [1.165, 1.54) is 30.3 Å². The molecular weight excluding hydrogens is 335 g/mol. The molecule has 0 fully saturated rings. The van der Waals surface area contributed by atoms with Gasteiger partial charge in [0, 0.05) is 19.8 Å². The SMILES string of the molecule is CN(CCc1ccc(F)cc1)c1cccc(S(C)(=O)=O)c1[N+](=O)[O-]. The maximum Gasteiger partial charge on any atom is 0.311 e. The van der Waals surface area contributed by atoms with Gasteiger partial charge in [-0.25, -0.2) is 12.8 Å². The fourth-order valence-corrected chi connectivity index (χ4v) is 3.23. The third kappa shape index (κ3) is 4.08. The summed E-state index contributed by atoms with van der Waals surface area (Å²) in [4.78, 5) is 12.0. The fraction of sp³-hybridized carbons (Fsp3) is 0.250. The molecule has 0 atom stereocenters. The minimum atomic E-state index is -3.72. The van der Waals surface area contributed by atoms with E-state index in [0.717, 1.165) is 11.8 Å². The lowest BCUT2D eigenvalue weighted by molar-refractivity contribution is -0.387. The summed E-state index contributed by atoms with van der Waals surface area (Å²) in [6, 6.07) is 10.2. The molecule has 0 unspecified atom stereocenters. The van der Waals surface area contributed by atoms with Gasteiger partial charge in [0.2, 0.25) is 0 Å². The summed E-state index contributed by atoms with van der Waals surface area (Å²) in [6.07, 6.45) is 1.48. The van der Waals surface area contributed by atoms with Crippen LogP contribution in [0.2, 0.25) is 0 Å². The van der Waals surface area contributed by atoms with Crippen LogP contribution in [-0.4, -0.2) is 33.2 Å². The Balaban J connectivity index is 2.30. The van der Waals surface area contributed by atoms with Crippen molar-refractivity contribution in [2.75, 3.05) is 24.7 Å². The van der Waals surface area contributed by atoms with E-state index >= 15 is 0 Å². The number of rotatable bonds is 6. The van der Waals surface area contributed by atoms with Crippen LogP contribution in [0.25, 0.3) is 0 Å². The first-order valence-electron chi connectivity index (χ1n) is 7.13. The van der Waals surface area contributed by atoms with E-state index < -0.39 is 20.4 Å². The number of nitrogens with zero attached hydrogens (tertiary/aromatic N) is 2. The topological polar surface area (TPSA) is 80.5 Å². The lowest BCUT2D eigenvalue weighted by Gasteiger charge is -2.20. The second kappa shape index (κ2) is 6.96. The largest absolute Gasteiger partial charge is 0.369 e. The van der Waals surface area contributed by atoms with Crippen LogP contribution in [0, 0.1) is 15.9 Å². The van der Waals surface area contributed by atoms with Gasteiger partial charge in [0.25, 0.3) is 0 Å². The Morgan fingerprint density at radius 1 is 1.17 bits per heavy atom. The highest BCUT2D eigenvalue weighted by atomic mass is 32.2. The summed E-state index contributed by atoms with van der Waals surface area (Å²) in [7, 11) is -2.07. The van der Waals surface area contributed by atoms with Crippen molar-refractivity contribution in [3.05, 3.63) is 64.0 Å². The first-order chi connectivity index (χ1) is 11.2. The van der Waals surface area contributed by atoms with Crippen LogP contribution in [0.3, 0.4) is 0 Å². The number of para-hydroxylation sites is 1. The summed E-state index contributed by atoms with van der Waals surface area (Å²) in [5.74, 6) is -0.330. The van der Waals surface area contributed by atoms with Crippen molar-refractivity contribution >= 4 is 21.2 Å². The molecule has 0 aliphatic heterocycles. The molecule has 6 nitrogen and oxygen atoms in total. The first-order valence-corrected chi connectivity index (χ1v) is 9.02. The maximum atomic E-state index is 12.9. The van der Waals surface area contributed by atoms with E-state index in [4.69, 9.17) is 0 Å². The number of hydrogen-bond acceptors (Lipinski definition) is 5. The highest BCUT2D eigenvalue weighted by molar-refractivity contribution is 7.90. The normalized spacial score (nSPS) is 11.3. The Bertz CT molecular complexity index is 851. The van der Waals surface area contributed by atoms with Crippen LogP contribution in [0.15, 0.2) is 47.4 Å². The summed E-state index contributed by atoms with van der Waals surface area (Å²) in [5, 5.41) is 11.4. The summed E-state index contributed by atoms with van der Waals surface area (Å²) < 4.78 is 36.5. The van der Waals surface area contributed by atoms with Crippen LogP contribution in [-0.2, 0) is 16.3 Å². The molecule has 128 valence electrons. The van der Waals surface area contributed by atoms with Crippen molar-refractivity contribution in [1.29, 1.82) is 0 Å². The van der Waals surface area contributed by atoms with Crippen molar-refractivity contribution in [3.8, 4) is 0 Å². The Morgan fingerprint density at radius 2 is 1.79 bits per heavy atom. The average Bonchev–Trinajstić information content (AvgIpc) is 2.52. The zero-order valence-electron chi connectivity index (χ0n) is 13.3. The van der Waals surface area contributed by atoms with Crippen LogP contribution >= 0.6 is 0 Å². The third-order valence-electron chi connectivity index (χ3n) is 3.62. The Hall–Kier alpha value is -2.48. The number of halogens is 1. The maximum absolute atomic E-state index is 12.9. The van der Waals surface area contributed by atoms with Crippen LogP contribution in [0.1, 0.15) is 5.56 Å². The molecule has 0 aliphatic rings. The van der Waals surface area contributed by atoms with E-state index in [0.29, 0.717) is 13.0 Å². The molecule has 24 heavy (non-hydrogen) atoms. The zero-order chi connectivity index (χ0) is 17.9. The van der Waals surface area contributed by atoms with Gasteiger partial charge >= 0.3 is 5.69 Å². The molecule has 0 saturated carbocycles. The molecule has 0 saturated heterocycles. The van der Waals surface area contributed by atoms with E-state index in [9.17, 15) is 22.9 Å². The van der Waals surface area contributed by atoms with Gasteiger partial charge in [0.15, 0.2) is 9.84 Å². The standard InChI is InChI=1S/C16H17FN2O4S/c1-18(11-10-12-6-8-13(17)9-7-12)14-4-3-5-15(24(2,22)23)16(14)19(20)21/h3-9H,10-11H2,1-2H3. The summed E-state index contributed by atoms with van der Waals surface area (Å²) in [6.45, 7) is 0.416. The highest BCUT2D eigenvalue weighted by Gasteiger charge is 2.27. The van der Waals surface area contributed by atoms with Crippen molar-refractivity contribution in [2.24, 2.45) is 0 Å². The molecule has 2 rings (SSSR count). The number of sulfone groups is 1. The highest BCUT2D eigenvalue weighted by Crippen LogP contribution is 2.34. The Morgan fingerprint density at radius 3 is 2.33 bits per heavy atom. The van der Waals surface area contributed by atoms with Gasteiger partial charge in [-0.1, -0.05) is 18.2 Å². The average molecular weight is 352 g/mol. The number of nitro groups is 1. The molecule has 0 aromatic heterocycles. The molecule has 0 amide bonds. The number of likely N-dealkylation sites (N-methyl/N-ethyl adjacent to an activating group) is 1. The van der Waals surface area contributed by atoms with Gasteiger partial charge in [0.05, 0.1) is 4.92 Å². The third-order valence-corrected chi connectivity index (χ3v) is 4.75. The fourth-order valence-electron chi connectivity index (χ4n) is 2.37. The smallest absolute Gasteiger partial charge is 0.311 e. The minimum absolute atomic E-state index is 0.227. The molecule has 0 heterocycles. The number of anilines is 1. The van der Waals surface area contributed by atoms with E-state index in [-0.39, 0.29) is 16.4 Å². The Kier molecular flexibility index (Phi) is 5.18. The number of nitro benzene ring substituents is 1. The lowest BCUT2D eigenvalue weighted by Crippen LogP contribution is -2.22. The van der Waals surface area contributed by atoms with Crippen LogP contribution < -0.4 is 4.90 Å². The number of benzene rings is 2. The van der Waals surface area contributed by atoms with Crippen molar-refractivity contribution in [1.82, 2.24) is 0 Å². The van der Waals surface area contributed by atoms with Gasteiger partial charge in [-0.2, -0.15) is 0 Å². The monoisotopic (exact) mass is 352 g/mol. The first kappa shape index (κ1) is 17.9. The summed E-state index contributed by atoms with van der Waals surface area (Å²) >= 11 is 0. The summed E-state index contributed by atoms with van der Waals surface area (Å²) in [5.41, 5.74) is 0.678. The number of hydrogen-bond donors (Lipinski definition) is 0. The lowest BCUT2D eigenvalue weighted by atomic mass is 10.1. The van der Waals surface area contributed by atoms with E-state index in [1.54, 1.807) is 24.1 Å². The van der Waals surface area contributed by atoms with Crippen molar-refractivity contribution in [3.63, 3.8) is 0 Å². The second-order valence-corrected chi connectivity index (χ2v) is 7.44. The van der Waals surface area contributed by atoms with Gasteiger partial charge in [-0.05, 0) is 36.2 Å². The zero-order valence-corrected chi connectivity index (χ0v) is 14.1. The molecule has 0 bridgehead atoms. The van der Waals surface area contributed by atoms with E-state index in [2.05, 4.69) is 0 Å². The quantitative estimate of drug-likeness (QED) is 0.590. The Labute approximate surface area is 139 Å². The van der Waals surface area contributed by atoms with Gasteiger partial charge in [-0.3, -0.25) is 10.1 Å². The second-order valence-electron chi connectivity index (χ2n) is 5.45. The van der Waals surface area contributed by atoms with Crippen LogP contribution in [0.5, 0.6) is 0 Å². The van der Waals surface area contributed by atoms with Crippen molar-refractivity contribution < 1.29 is 17.7 Å². The molecule has 0 radical (unpaired) electrons. The predicted molar refractivity (Wildman–Crippen MR) is 89.6 cm³/mol. The minimum Gasteiger partial charge on any atom is -0.369 e. The molecule has 0 spiro atoms. The molecule has 8 heteroatoms. The molecular formula is C16H17FN2O4S. The molecule has 2 aromatic carbocycles. The van der Waals surface area contributed by atoms with Crippen LogP contribution in [0.4, 0.5) is 15.8 Å². The molecule has 0 aliphatic carbocycles. The van der Waals surface area contributed by atoms with Gasteiger partial charge < -0.3 is 4.90 Å². The predicted octanol–water partition coefficient (Wildman–Crippen LogP) is 2.82.